The van der Waals surface area contributed by atoms with Gasteiger partial charge in [-0.05, 0) is 35.9 Å². The van der Waals surface area contributed by atoms with Crippen LogP contribution in [0.2, 0.25) is 25.4 Å². The number of halogens is 12. The third-order valence-electron chi connectivity index (χ3n) is 4.91. The van der Waals surface area contributed by atoms with Gasteiger partial charge in [0.25, 0.3) is 5.91 Å². The van der Waals surface area contributed by atoms with Crippen LogP contribution in [0.3, 0.4) is 0 Å². The first-order valence-electron chi connectivity index (χ1n) is 10.0. The number of hydrogen-bond acceptors (Lipinski definition) is 4. The second kappa shape index (κ2) is 11.9. The average molecular weight is 657 g/mol. The van der Waals surface area contributed by atoms with E-state index in [9.17, 15) is 35.5 Å². The fraction of sp³-hybridized carbons (Fsp3) is 0.136. The molecule has 0 saturated carbocycles. The second-order valence-electron chi connectivity index (χ2n) is 7.54. The number of allylic oxidation sites excluding steroid dienone is 1. The molecular weight excluding hydrogens is 647 g/mol. The highest BCUT2D eigenvalue weighted by molar-refractivity contribution is 6.48. The summed E-state index contributed by atoms with van der Waals surface area (Å²) in [6.07, 6.45) is -10.3. The molecule has 1 amide bonds. The molecule has 0 fully saturated rings. The molecule has 0 aliphatic rings. The molecule has 2 aromatic carbocycles. The zero-order valence-electron chi connectivity index (χ0n) is 18.5. The summed E-state index contributed by atoms with van der Waals surface area (Å²) >= 11 is 28.7. The molecule has 2 N–H and O–H groups in total. The normalized spacial score (nSPS) is 13.3. The summed E-state index contributed by atoms with van der Waals surface area (Å²) in [6, 6.07) is 4.19. The van der Waals surface area contributed by atoms with E-state index in [0.29, 0.717) is 12.1 Å². The minimum absolute atomic E-state index is 0.0505. The van der Waals surface area contributed by atoms with Crippen LogP contribution in [0, 0.1) is 0 Å². The first-order chi connectivity index (χ1) is 18.0. The van der Waals surface area contributed by atoms with Crippen molar-refractivity contribution in [1.29, 1.82) is 0 Å². The number of nitrogens with one attached hydrogen (secondary N) is 2. The van der Waals surface area contributed by atoms with Crippen LogP contribution in [0.4, 0.5) is 36.4 Å². The fourth-order valence-electron chi connectivity index (χ4n) is 3.13. The lowest BCUT2D eigenvalue weighted by molar-refractivity contribution is -0.140. The molecule has 0 aliphatic heterocycles. The summed E-state index contributed by atoms with van der Waals surface area (Å²) < 4.78 is 97.5. The van der Waals surface area contributed by atoms with Crippen LogP contribution in [0.15, 0.2) is 42.5 Å². The van der Waals surface area contributed by atoms with Crippen molar-refractivity contribution < 1.29 is 35.5 Å². The van der Waals surface area contributed by atoms with Gasteiger partial charge in [0.15, 0.2) is 10.3 Å². The molecule has 0 spiro atoms. The van der Waals surface area contributed by atoms with Crippen LogP contribution >= 0.6 is 58.0 Å². The number of alkyl halides is 6. The number of aromatic nitrogens is 2. The highest BCUT2D eigenvalue weighted by Crippen LogP contribution is 2.42. The van der Waals surface area contributed by atoms with Crippen LogP contribution in [-0.2, 0) is 6.18 Å². The standard InChI is InChI=1S/C22H10Cl5F7N4O/c23-13-4-9(5-14(24)18(13)26)11(21(29,30)31)6-15(28)8-1-2-10(12(3-8)22(32,33)34)20(39)38-35-16-7-17(25)36-37-19(16)27/h1-7,11H,(H,35,36)(H,38,39). The van der Waals surface area contributed by atoms with Gasteiger partial charge in [0.2, 0.25) is 0 Å². The topological polar surface area (TPSA) is 66.9 Å². The Labute approximate surface area is 239 Å². The smallest absolute Gasteiger partial charge is 0.295 e. The van der Waals surface area contributed by atoms with Gasteiger partial charge in [-0.2, -0.15) is 26.3 Å². The second-order valence-corrected chi connectivity index (χ2v) is 9.48. The molecule has 17 heteroatoms. The maximum atomic E-state index is 15.0. The van der Waals surface area contributed by atoms with Gasteiger partial charge in [0.1, 0.15) is 11.7 Å². The zero-order valence-corrected chi connectivity index (χ0v) is 22.2. The van der Waals surface area contributed by atoms with Crippen molar-refractivity contribution in [3.05, 3.63) is 90.1 Å². The minimum atomic E-state index is -5.21. The van der Waals surface area contributed by atoms with Gasteiger partial charge in [-0.1, -0.05) is 64.1 Å². The highest BCUT2D eigenvalue weighted by Gasteiger charge is 2.41. The Bertz CT molecular complexity index is 1420. The van der Waals surface area contributed by atoms with Crippen molar-refractivity contribution in [3.63, 3.8) is 0 Å². The predicted octanol–water partition coefficient (Wildman–Crippen LogP) is 9.18. The van der Waals surface area contributed by atoms with Gasteiger partial charge in [0.05, 0.1) is 31.9 Å². The van der Waals surface area contributed by atoms with Crippen molar-refractivity contribution >= 4 is 75.4 Å². The van der Waals surface area contributed by atoms with E-state index in [1.807, 2.05) is 5.43 Å². The maximum absolute atomic E-state index is 15.0. The fourth-order valence-corrected chi connectivity index (χ4v) is 4.03. The Hall–Kier alpha value is -2.51. The molecule has 0 aliphatic carbocycles. The number of nitrogens with zero attached hydrogens (tertiary/aromatic N) is 2. The summed E-state index contributed by atoms with van der Waals surface area (Å²) in [5, 5.41) is 5.48. The lowest BCUT2D eigenvalue weighted by Gasteiger charge is -2.19. The van der Waals surface area contributed by atoms with Gasteiger partial charge in [-0.15, -0.1) is 10.2 Å². The van der Waals surface area contributed by atoms with E-state index in [4.69, 9.17) is 58.0 Å². The number of carbonyl (C=O) groups excluding carboxylic acids is 1. The van der Waals surface area contributed by atoms with Crippen LogP contribution < -0.4 is 10.9 Å². The van der Waals surface area contributed by atoms with Crippen molar-refractivity contribution in [3.8, 4) is 0 Å². The minimum Gasteiger partial charge on any atom is -0.295 e. The van der Waals surface area contributed by atoms with Gasteiger partial charge in [-0.3, -0.25) is 15.6 Å². The summed E-state index contributed by atoms with van der Waals surface area (Å²) in [5.74, 6) is -5.67. The SMILES string of the molecule is O=C(NNc1cc(Cl)nnc1Cl)c1ccc(C(F)=CC(c2cc(Cl)c(Cl)c(Cl)c2)C(F)(F)F)cc1C(F)(F)F. The lowest BCUT2D eigenvalue weighted by Crippen LogP contribution is -2.31. The Morgan fingerprint density at radius 1 is 0.897 bits per heavy atom. The predicted molar refractivity (Wildman–Crippen MR) is 134 cm³/mol. The summed E-state index contributed by atoms with van der Waals surface area (Å²) in [4.78, 5) is 12.5. The van der Waals surface area contributed by atoms with Crippen molar-refractivity contribution in [2.24, 2.45) is 0 Å². The highest BCUT2D eigenvalue weighted by atomic mass is 35.5. The van der Waals surface area contributed by atoms with E-state index >= 15 is 0 Å². The molecule has 1 heterocycles. The van der Waals surface area contributed by atoms with Crippen LogP contribution in [0.25, 0.3) is 5.83 Å². The van der Waals surface area contributed by atoms with Crippen LogP contribution in [-0.4, -0.2) is 22.3 Å². The van der Waals surface area contributed by atoms with Gasteiger partial charge >= 0.3 is 12.4 Å². The van der Waals surface area contributed by atoms with Gasteiger partial charge < -0.3 is 0 Å². The molecule has 3 aromatic rings. The van der Waals surface area contributed by atoms with Crippen molar-refractivity contribution in [1.82, 2.24) is 15.6 Å². The van der Waals surface area contributed by atoms with E-state index in [1.54, 1.807) is 0 Å². The number of benzene rings is 2. The molecule has 1 aromatic heterocycles. The molecule has 0 bridgehead atoms. The van der Waals surface area contributed by atoms with Crippen molar-refractivity contribution in [2.75, 3.05) is 5.43 Å². The third kappa shape index (κ3) is 7.57. The number of rotatable bonds is 6. The summed E-state index contributed by atoms with van der Waals surface area (Å²) in [5.41, 5.74) is -0.0761. The Morgan fingerprint density at radius 3 is 2.08 bits per heavy atom. The van der Waals surface area contributed by atoms with Crippen LogP contribution in [0.1, 0.15) is 33.0 Å². The zero-order chi connectivity index (χ0) is 29.3. The molecule has 1 atom stereocenters. The van der Waals surface area contributed by atoms with E-state index in [0.717, 1.165) is 18.2 Å². The number of anilines is 1. The molecule has 3 rings (SSSR count). The number of hydrazine groups is 1. The number of amides is 1. The Morgan fingerprint density at radius 2 is 1.51 bits per heavy atom. The largest absolute Gasteiger partial charge is 0.417 e. The van der Waals surface area contributed by atoms with E-state index in [2.05, 4.69) is 15.6 Å². The summed E-state index contributed by atoms with van der Waals surface area (Å²) in [6.45, 7) is 0. The Kier molecular flexibility index (Phi) is 9.49. The molecular formula is C22H10Cl5F7N4O. The van der Waals surface area contributed by atoms with Crippen LogP contribution in [0.5, 0.6) is 0 Å². The summed E-state index contributed by atoms with van der Waals surface area (Å²) in [7, 11) is 0. The average Bonchev–Trinajstić information content (AvgIpc) is 2.84. The lowest BCUT2D eigenvalue weighted by atomic mass is 9.95. The first-order valence-corrected chi connectivity index (χ1v) is 11.9. The third-order valence-corrected chi connectivity index (χ3v) is 6.57. The van der Waals surface area contributed by atoms with Gasteiger partial charge in [-0.25, -0.2) is 4.39 Å². The molecule has 208 valence electrons. The number of carbonyl (C=O) groups is 1. The Balaban J connectivity index is 1.99. The monoisotopic (exact) mass is 654 g/mol. The number of hydrogen-bond donors (Lipinski definition) is 2. The van der Waals surface area contributed by atoms with E-state index < -0.39 is 52.3 Å². The molecule has 39 heavy (non-hydrogen) atoms. The first kappa shape index (κ1) is 31.0. The van der Waals surface area contributed by atoms with E-state index in [1.165, 1.54) is 0 Å². The molecule has 0 saturated heterocycles. The van der Waals surface area contributed by atoms with Crippen molar-refractivity contribution in [2.45, 2.75) is 18.3 Å². The quantitative estimate of drug-likeness (QED) is 0.158. The molecule has 1 unspecified atom stereocenters. The molecule has 0 radical (unpaired) electrons. The molecule has 5 nitrogen and oxygen atoms in total. The maximum Gasteiger partial charge on any atom is 0.417 e. The van der Waals surface area contributed by atoms with Gasteiger partial charge in [0, 0.05) is 11.6 Å². The van der Waals surface area contributed by atoms with E-state index in [-0.39, 0.29) is 43.2 Å².